The van der Waals surface area contributed by atoms with Gasteiger partial charge in [0.25, 0.3) is 5.91 Å². The van der Waals surface area contributed by atoms with Crippen molar-refractivity contribution in [3.63, 3.8) is 0 Å². The van der Waals surface area contributed by atoms with E-state index in [1.165, 1.54) is 27.6 Å². The Kier molecular flexibility index (Phi) is 6.25. The van der Waals surface area contributed by atoms with Crippen molar-refractivity contribution in [2.24, 2.45) is 0 Å². The van der Waals surface area contributed by atoms with Crippen LogP contribution in [0.15, 0.2) is 41.3 Å². The van der Waals surface area contributed by atoms with Crippen LogP contribution in [0.5, 0.6) is 5.75 Å². The van der Waals surface area contributed by atoms with Gasteiger partial charge in [0.2, 0.25) is 10.0 Å². The Balaban J connectivity index is 1.34. The Bertz CT molecular complexity index is 1050. The molecule has 1 amide bonds. The monoisotopic (exact) mass is 468 g/mol. The minimum atomic E-state index is -3.83. The molecule has 2 aromatic rings. The molecule has 0 aromatic heterocycles. The first kappa shape index (κ1) is 21.4. The predicted molar refractivity (Wildman–Crippen MR) is 116 cm³/mol. The van der Waals surface area contributed by atoms with Gasteiger partial charge in [-0.1, -0.05) is 35.3 Å². The summed E-state index contributed by atoms with van der Waals surface area (Å²) in [6.45, 7) is 0.853. The number of piperazine rings is 1. The van der Waals surface area contributed by atoms with E-state index in [2.05, 4.69) is 6.07 Å². The summed E-state index contributed by atoms with van der Waals surface area (Å²) in [4.78, 5) is 14.1. The highest BCUT2D eigenvalue weighted by Crippen LogP contribution is 2.32. The van der Waals surface area contributed by atoms with E-state index in [1.807, 2.05) is 12.1 Å². The van der Waals surface area contributed by atoms with E-state index in [-0.39, 0.29) is 53.6 Å². The number of carbonyl (C=O) groups excluding carboxylic acids is 1. The molecule has 0 spiro atoms. The number of sulfonamides is 1. The van der Waals surface area contributed by atoms with Crippen molar-refractivity contribution in [1.29, 1.82) is 0 Å². The van der Waals surface area contributed by atoms with E-state index >= 15 is 0 Å². The molecule has 9 heteroatoms. The first-order valence-electron chi connectivity index (χ1n) is 9.83. The number of halogens is 2. The summed E-state index contributed by atoms with van der Waals surface area (Å²) < 4.78 is 32.9. The molecule has 6 nitrogen and oxygen atoms in total. The highest BCUT2D eigenvalue weighted by Gasteiger charge is 2.33. The molecule has 0 bridgehead atoms. The molecular formula is C21H22Cl2N2O4S. The van der Waals surface area contributed by atoms with Crippen molar-refractivity contribution in [3.05, 3.63) is 57.6 Å². The number of aryl methyl sites for hydroxylation is 2. The molecule has 1 fully saturated rings. The summed E-state index contributed by atoms with van der Waals surface area (Å²) in [5, 5.41) is 0.174. The normalized spacial score (nSPS) is 17.1. The molecule has 1 heterocycles. The van der Waals surface area contributed by atoms with Crippen LogP contribution in [0, 0.1) is 0 Å². The number of hydrogen-bond donors (Lipinski definition) is 0. The van der Waals surface area contributed by atoms with Gasteiger partial charge in [-0.05, 0) is 54.7 Å². The molecule has 2 aromatic carbocycles. The molecule has 160 valence electrons. The zero-order valence-electron chi connectivity index (χ0n) is 16.3. The van der Waals surface area contributed by atoms with Gasteiger partial charge < -0.3 is 9.64 Å². The molecule has 0 unspecified atom stereocenters. The van der Waals surface area contributed by atoms with Gasteiger partial charge in [0.15, 0.2) is 6.61 Å². The highest BCUT2D eigenvalue weighted by molar-refractivity contribution is 7.89. The fourth-order valence-corrected chi connectivity index (χ4v) is 6.42. The lowest BCUT2D eigenvalue weighted by molar-refractivity contribution is -0.134. The van der Waals surface area contributed by atoms with Crippen molar-refractivity contribution < 1.29 is 17.9 Å². The first-order chi connectivity index (χ1) is 14.4. The van der Waals surface area contributed by atoms with E-state index in [4.69, 9.17) is 27.9 Å². The smallest absolute Gasteiger partial charge is 0.260 e. The van der Waals surface area contributed by atoms with E-state index in [1.54, 1.807) is 11.0 Å². The Morgan fingerprint density at radius 2 is 1.63 bits per heavy atom. The van der Waals surface area contributed by atoms with E-state index in [0.29, 0.717) is 5.75 Å². The Morgan fingerprint density at radius 1 is 0.967 bits per heavy atom. The van der Waals surface area contributed by atoms with Gasteiger partial charge in [0, 0.05) is 26.2 Å². The van der Waals surface area contributed by atoms with Crippen molar-refractivity contribution in [2.45, 2.75) is 24.2 Å². The van der Waals surface area contributed by atoms with Crippen LogP contribution in [-0.4, -0.2) is 56.3 Å². The Hall–Kier alpha value is -1.80. The van der Waals surface area contributed by atoms with Gasteiger partial charge in [-0.2, -0.15) is 4.31 Å². The van der Waals surface area contributed by atoms with Crippen LogP contribution in [0.1, 0.15) is 17.5 Å². The van der Waals surface area contributed by atoms with Crippen molar-refractivity contribution in [3.8, 4) is 5.75 Å². The average molecular weight is 469 g/mol. The number of hydrogen-bond acceptors (Lipinski definition) is 4. The molecule has 30 heavy (non-hydrogen) atoms. The van der Waals surface area contributed by atoms with Crippen LogP contribution in [-0.2, 0) is 27.7 Å². The van der Waals surface area contributed by atoms with Crippen LogP contribution in [0.25, 0.3) is 0 Å². The molecule has 0 radical (unpaired) electrons. The van der Waals surface area contributed by atoms with Crippen molar-refractivity contribution >= 4 is 39.1 Å². The van der Waals surface area contributed by atoms with Crippen LogP contribution in [0.3, 0.4) is 0 Å². The molecule has 4 rings (SSSR count). The topological polar surface area (TPSA) is 66.9 Å². The quantitative estimate of drug-likeness (QED) is 0.674. The third kappa shape index (κ3) is 4.30. The number of ether oxygens (including phenoxy) is 1. The summed E-state index contributed by atoms with van der Waals surface area (Å²) in [6, 6.07) is 10.6. The van der Waals surface area contributed by atoms with E-state index < -0.39 is 10.0 Å². The largest absolute Gasteiger partial charge is 0.484 e. The maximum Gasteiger partial charge on any atom is 0.260 e. The molecule has 0 N–H and O–H groups in total. The summed E-state index contributed by atoms with van der Waals surface area (Å²) in [5.74, 6) is 0.530. The summed E-state index contributed by atoms with van der Waals surface area (Å²) in [6.07, 6.45) is 3.30. The molecule has 1 saturated heterocycles. The number of rotatable bonds is 5. The average Bonchev–Trinajstić information content (AvgIpc) is 3.19. The first-order valence-corrected chi connectivity index (χ1v) is 12.0. The maximum absolute atomic E-state index is 12.9. The number of benzene rings is 2. The standard InChI is InChI=1S/C21H22Cl2N2O4S/c22-18-5-2-6-19(23)21(18)30(27,28)25-11-9-24(10-12-25)20(26)14-29-17-8-7-15-3-1-4-16(15)13-17/h2,5-8,13H,1,3-4,9-12,14H2. The van der Waals surface area contributed by atoms with Gasteiger partial charge >= 0.3 is 0 Å². The van der Waals surface area contributed by atoms with Crippen LogP contribution in [0.4, 0.5) is 0 Å². The van der Waals surface area contributed by atoms with Crippen molar-refractivity contribution in [1.82, 2.24) is 9.21 Å². The number of carbonyl (C=O) groups is 1. The molecule has 2 aliphatic rings. The minimum Gasteiger partial charge on any atom is -0.484 e. The van der Waals surface area contributed by atoms with Gasteiger partial charge in [-0.15, -0.1) is 0 Å². The summed E-state index contributed by atoms with van der Waals surface area (Å²) in [5.41, 5.74) is 2.64. The molecule has 1 aliphatic heterocycles. The Morgan fingerprint density at radius 3 is 2.33 bits per heavy atom. The van der Waals surface area contributed by atoms with Gasteiger partial charge in [0.1, 0.15) is 10.6 Å². The van der Waals surface area contributed by atoms with Crippen LogP contribution >= 0.6 is 23.2 Å². The lowest BCUT2D eigenvalue weighted by Crippen LogP contribution is -2.51. The molecule has 0 saturated carbocycles. The second-order valence-corrected chi connectivity index (χ2v) is 10.1. The third-order valence-corrected chi connectivity index (χ3v) is 8.40. The Labute approximate surface area is 186 Å². The second-order valence-electron chi connectivity index (χ2n) is 7.41. The lowest BCUT2D eigenvalue weighted by Gasteiger charge is -2.34. The van der Waals surface area contributed by atoms with Gasteiger partial charge in [-0.3, -0.25) is 4.79 Å². The maximum atomic E-state index is 12.9. The number of nitrogens with zero attached hydrogens (tertiary/aromatic N) is 2. The molecular weight excluding hydrogens is 447 g/mol. The lowest BCUT2D eigenvalue weighted by atomic mass is 10.1. The number of fused-ring (bicyclic) bond motifs is 1. The highest BCUT2D eigenvalue weighted by atomic mass is 35.5. The third-order valence-electron chi connectivity index (χ3n) is 5.54. The second kappa shape index (κ2) is 8.75. The summed E-state index contributed by atoms with van der Waals surface area (Å²) in [7, 11) is -3.83. The van der Waals surface area contributed by atoms with E-state index in [0.717, 1.165) is 19.3 Å². The van der Waals surface area contributed by atoms with Crippen LogP contribution in [0.2, 0.25) is 10.0 Å². The fraction of sp³-hybridized carbons (Fsp3) is 0.381. The van der Waals surface area contributed by atoms with Crippen molar-refractivity contribution in [2.75, 3.05) is 32.8 Å². The predicted octanol–water partition coefficient (Wildman–Crippen LogP) is 3.39. The van der Waals surface area contributed by atoms with Gasteiger partial charge in [0.05, 0.1) is 10.0 Å². The summed E-state index contributed by atoms with van der Waals surface area (Å²) >= 11 is 12.2. The SMILES string of the molecule is O=C(COc1ccc2c(c1)CCC2)N1CCN(S(=O)(=O)c2c(Cl)cccc2Cl)CC1. The van der Waals surface area contributed by atoms with Gasteiger partial charge in [-0.25, -0.2) is 8.42 Å². The zero-order valence-corrected chi connectivity index (χ0v) is 18.6. The zero-order chi connectivity index (χ0) is 21.3. The minimum absolute atomic E-state index is 0.0676. The van der Waals surface area contributed by atoms with E-state index in [9.17, 15) is 13.2 Å². The number of amides is 1. The molecule has 1 aliphatic carbocycles. The molecule has 0 atom stereocenters. The fourth-order valence-electron chi connectivity index (χ4n) is 3.91. The van der Waals surface area contributed by atoms with Crippen LogP contribution < -0.4 is 4.74 Å².